The molecule has 0 amide bonds. The molecule has 0 aliphatic carbocycles. The quantitative estimate of drug-likeness (QED) is 0.266. The predicted molar refractivity (Wildman–Crippen MR) is 93.2 cm³/mol. The molecule has 0 rings (SSSR count). The van der Waals surface area contributed by atoms with Crippen LogP contribution in [-0.4, -0.2) is 18.4 Å². The Labute approximate surface area is 138 Å². The lowest BCUT2D eigenvalue weighted by atomic mass is 10.1. The summed E-state index contributed by atoms with van der Waals surface area (Å²) in [4.78, 5) is 11.7. The minimum absolute atomic E-state index is 0.0362. The van der Waals surface area contributed by atoms with Crippen LogP contribution in [0.25, 0.3) is 0 Å². The van der Waals surface area contributed by atoms with Gasteiger partial charge in [0.2, 0.25) is 0 Å². The zero-order valence-corrected chi connectivity index (χ0v) is 15.4. The number of rotatable bonds is 14. The molecule has 2 atom stereocenters. The second-order valence-corrected chi connectivity index (χ2v) is 6.51. The van der Waals surface area contributed by atoms with Crippen LogP contribution in [0.3, 0.4) is 0 Å². The molecule has 0 fully saturated rings. The third-order valence-electron chi connectivity index (χ3n) is 4.02. The van der Waals surface area contributed by atoms with Crippen molar-refractivity contribution >= 4 is 6.16 Å². The number of ether oxygens (including phenoxy) is 2. The van der Waals surface area contributed by atoms with Crippen LogP contribution in [0.1, 0.15) is 105 Å². The normalized spacial score (nSPS) is 13.6. The Morgan fingerprint density at radius 2 is 1.05 bits per heavy atom. The highest BCUT2D eigenvalue weighted by atomic mass is 16.7. The van der Waals surface area contributed by atoms with Gasteiger partial charge in [-0.15, -0.1) is 0 Å². The van der Waals surface area contributed by atoms with Gasteiger partial charge in [-0.05, 0) is 39.5 Å². The largest absolute Gasteiger partial charge is 0.508 e. The predicted octanol–water partition coefficient (Wildman–Crippen LogP) is 6.64. The van der Waals surface area contributed by atoms with E-state index in [1.807, 2.05) is 13.8 Å². The van der Waals surface area contributed by atoms with Crippen LogP contribution in [0.15, 0.2) is 0 Å². The van der Waals surface area contributed by atoms with E-state index in [4.69, 9.17) is 9.47 Å². The first-order valence-corrected chi connectivity index (χ1v) is 9.47. The monoisotopic (exact) mass is 314 g/mol. The van der Waals surface area contributed by atoms with Crippen molar-refractivity contribution in [3.05, 3.63) is 0 Å². The number of unbranched alkanes of at least 4 members (excludes halogenated alkanes) is 8. The second kappa shape index (κ2) is 15.2. The van der Waals surface area contributed by atoms with Crippen molar-refractivity contribution in [3.8, 4) is 0 Å². The van der Waals surface area contributed by atoms with Crippen LogP contribution in [0.5, 0.6) is 0 Å². The lowest BCUT2D eigenvalue weighted by Gasteiger charge is -2.16. The maximum atomic E-state index is 11.7. The van der Waals surface area contributed by atoms with Gasteiger partial charge in [-0.3, -0.25) is 0 Å². The van der Waals surface area contributed by atoms with Gasteiger partial charge in [0.05, 0.1) is 0 Å². The van der Waals surface area contributed by atoms with E-state index in [-0.39, 0.29) is 12.2 Å². The molecule has 22 heavy (non-hydrogen) atoms. The van der Waals surface area contributed by atoms with E-state index in [1.165, 1.54) is 51.4 Å². The Balaban J connectivity index is 3.56. The molecule has 0 bridgehead atoms. The van der Waals surface area contributed by atoms with Crippen LogP contribution in [0.2, 0.25) is 0 Å². The van der Waals surface area contributed by atoms with Crippen LogP contribution in [0, 0.1) is 0 Å². The molecule has 0 aliphatic rings. The molecule has 0 aromatic heterocycles. The van der Waals surface area contributed by atoms with Gasteiger partial charge >= 0.3 is 6.16 Å². The fourth-order valence-corrected chi connectivity index (χ4v) is 2.54. The molecule has 0 saturated carbocycles. The summed E-state index contributed by atoms with van der Waals surface area (Å²) in [5.74, 6) is 0. The molecule has 0 N–H and O–H groups in total. The molecule has 2 unspecified atom stereocenters. The molecule has 0 spiro atoms. The van der Waals surface area contributed by atoms with Crippen LogP contribution >= 0.6 is 0 Å². The highest BCUT2D eigenvalue weighted by Crippen LogP contribution is 2.12. The maximum absolute atomic E-state index is 11.7. The van der Waals surface area contributed by atoms with Crippen LogP contribution in [0.4, 0.5) is 4.79 Å². The van der Waals surface area contributed by atoms with Gasteiger partial charge in [0, 0.05) is 0 Å². The van der Waals surface area contributed by atoms with Gasteiger partial charge in [-0.2, -0.15) is 0 Å². The summed E-state index contributed by atoms with van der Waals surface area (Å²) in [6.45, 7) is 8.34. The summed E-state index contributed by atoms with van der Waals surface area (Å²) in [7, 11) is 0. The smallest absolute Gasteiger partial charge is 0.431 e. The van der Waals surface area contributed by atoms with Gasteiger partial charge in [0.1, 0.15) is 12.2 Å². The topological polar surface area (TPSA) is 35.5 Å². The number of carbonyl (C=O) groups excluding carboxylic acids is 1. The van der Waals surface area contributed by atoms with Crippen molar-refractivity contribution in [2.75, 3.05) is 0 Å². The molecule has 0 aromatic carbocycles. The summed E-state index contributed by atoms with van der Waals surface area (Å²) in [6.07, 6.45) is 13.7. The van der Waals surface area contributed by atoms with Gasteiger partial charge in [0.15, 0.2) is 0 Å². The third kappa shape index (κ3) is 14.2. The number of hydrogen-bond acceptors (Lipinski definition) is 3. The molecule has 0 aliphatic heterocycles. The lowest BCUT2D eigenvalue weighted by Crippen LogP contribution is -2.20. The molecule has 0 saturated heterocycles. The Hall–Kier alpha value is -0.730. The highest BCUT2D eigenvalue weighted by molar-refractivity contribution is 5.60. The first-order chi connectivity index (χ1) is 10.6. The Kier molecular flexibility index (Phi) is 14.7. The molecule has 3 heteroatoms. The maximum Gasteiger partial charge on any atom is 0.508 e. The third-order valence-corrected chi connectivity index (χ3v) is 4.02. The van der Waals surface area contributed by atoms with Gasteiger partial charge in [-0.1, -0.05) is 65.2 Å². The Bertz CT molecular complexity index is 229. The molecule has 0 heterocycles. The van der Waals surface area contributed by atoms with Crippen LogP contribution in [-0.2, 0) is 9.47 Å². The summed E-state index contributed by atoms with van der Waals surface area (Å²) in [5.41, 5.74) is 0. The molecule has 132 valence electrons. The van der Waals surface area contributed by atoms with E-state index < -0.39 is 6.16 Å². The average molecular weight is 315 g/mol. The molecular formula is C19H38O3. The first-order valence-electron chi connectivity index (χ1n) is 9.47. The summed E-state index contributed by atoms with van der Waals surface area (Å²) >= 11 is 0. The second-order valence-electron chi connectivity index (χ2n) is 6.51. The summed E-state index contributed by atoms with van der Waals surface area (Å²) < 4.78 is 10.6. The van der Waals surface area contributed by atoms with E-state index >= 15 is 0 Å². The van der Waals surface area contributed by atoms with Crippen molar-refractivity contribution in [3.63, 3.8) is 0 Å². The van der Waals surface area contributed by atoms with E-state index in [1.54, 1.807) is 0 Å². The van der Waals surface area contributed by atoms with Gasteiger partial charge in [-0.25, -0.2) is 4.79 Å². The minimum atomic E-state index is -0.498. The number of hydrogen-bond donors (Lipinski definition) is 0. The van der Waals surface area contributed by atoms with E-state index in [0.717, 1.165) is 25.7 Å². The van der Waals surface area contributed by atoms with Crippen molar-refractivity contribution in [2.24, 2.45) is 0 Å². The molecule has 0 aromatic rings. The minimum Gasteiger partial charge on any atom is -0.431 e. The Morgan fingerprint density at radius 1 is 0.682 bits per heavy atom. The van der Waals surface area contributed by atoms with E-state index in [0.29, 0.717) is 0 Å². The van der Waals surface area contributed by atoms with Gasteiger partial charge < -0.3 is 9.47 Å². The van der Waals surface area contributed by atoms with Gasteiger partial charge in [0.25, 0.3) is 0 Å². The van der Waals surface area contributed by atoms with Crippen molar-refractivity contribution in [1.29, 1.82) is 0 Å². The SMILES string of the molecule is CCCCCCCC(C)OC(=O)OC(C)CCCCCCC. The van der Waals surface area contributed by atoms with Crippen molar-refractivity contribution in [1.82, 2.24) is 0 Å². The highest BCUT2D eigenvalue weighted by Gasteiger charge is 2.14. The lowest BCUT2D eigenvalue weighted by molar-refractivity contribution is 0.00264. The molecule has 0 radical (unpaired) electrons. The fourth-order valence-electron chi connectivity index (χ4n) is 2.54. The standard InChI is InChI=1S/C19H38O3/c1-5-7-9-11-13-15-17(3)21-19(20)22-18(4)16-14-12-10-8-6-2/h17-18H,5-16H2,1-4H3. The summed E-state index contributed by atoms with van der Waals surface area (Å²) in [5, 5.41) is 0. The zero-order valence-electron chi connectivity index (χ0n) is 15.4. The molecule has 3 nitrogen and oxygen atoms in total. The van der Waals surface area contributed by atoms with E-state index in [9.17, 15) is 4.79 Å². The van der Waals surface area contributed by atoms with Crippen molar-refractivity contribution in [2.45, 2.75) is 117 Å². The molecular weight excluding hydrogens is 276 g/mol. The Morgan fingerprint density at radius 3 is 1.41 bits per heavy atom. The van der Waals surface area contributed by atoms with E-state index in [2.05, 4.69) is 13.8 Å². The first kappa shape index (κ1) is 21.3. The van der Waals surface area contributed by atoms with Crippen molar-refractivity contribution < 1.29 is 14.3 Å². The fraction of sp³-hybridized carbons (Fsp3) is 0.947. The zero-order chi connectivity index (χ0) is 16.6. The van der Waals surface area contributed by atoms with Crippen LogP contribution < -0.4 is 0 Å². The number of carbonyl (C=O) groups is 1. The average Bonchev–Trinajstić information content (AvgIpc) is 2.46. The summed E-state index contributed by atoms with van der Waals surface area (Å²) in [6, 6.07) is 0.